The van der Waals surface area contributed by atoms with Gasteiger partial charge in [0.25, 0.3) is 5.56 Å². The van der Waals surface area contributed by atoms with E-state index in [0.29, 0.717) is 5.82 Å². The Labute approximate surface area is 105 Å². The molecule has 0 aromatic carbocycles. The standard InChI is InChI=1S/C9H8BrClN4O/c1-4-6(10)5(2)15(14-4)8-7(11)9(16)13-3-12-8/h3H,1-2H3,(H,12,13,16). The van der Waals surface area contributed by atoms with Gasteiger partial charge in [0.1, 0.15) is 0 Å². The summed E-state index contributed by atoms with van der Waals surface area (Å²) in [4.78, 5) is 17.8. The second-order valence-corrected chi connectivity index (χ2v) is 4.44. The third-order valence-corrected chi connectivity index (χ3v) is 3.67. The van der Waals surface area contributed by atoms with Crippen LogP contribution < -0.4 is 5.56 Å². The molecule has 0 radical (unpaired) electrons. The van der Waals surface area contributed by atoms with Crippen molar-refractivity contribution < 1.29 is 0 Å². The van der Waals surface area contributed by atoms with E-state index in [1.165, 1.54) is 11.0 Å². The molecule has 16 heavy (non-hydrogen) atoms. The lowest BCUT2D eigenvalue weighted by Crippen LogP contribution is -2.13. The Balaban J connectivity index is 2.73. The summed E-state index contributed by atoms with van der Waals surface area (Å²) < 4.78 is 2.42. The van der Waals surface area contributed by atoms with E-state index in [1.807, 2.05) is 13.8 Å². The lowest BCUT2D eigenvalue weighted by molar-refractivity contribution is 0.797. The molecule has 0 saturated carbocycles. The van der Waals surface area contributed by atoms with Gasteiger partial charge in [-0.25, -0.2) is 9.67 Å². The van der Waals surface area contributed by atoms with Crippen LogP contribution in [0.4, 0.5) is 0 Å². The molecule has 2 aromatic heterocycles. The third kappa shape index (κ3) is 1.68. The summed E-state index contributed by atoms with van der Waals surface area (Å²) in [5, 5.41) is 4.28. The van der Waals surface area contributed by atoms with Gasteiger partial charge in [-0.2, -0.15) is 5.10 Å². The molecule has 0 saturated heterocycles. The molecule has 0 aliphatic carbocycles. The minimum Gasteiger partial charge on any atom is -0.312 e. The molecule has 5 nitrogen and oxygen atoms in total. The van der Waals surface area contributed by atoms with Gasteiger partial charge in [-0.1, -0.05) is 11.6 Å². The molecule has 0 atom stereocenters. The lowest BCUT2D eigenvalue weighted by Gasteiger charge is -2.03. The minimum absolute atomic E-state index is 0.0283. The molecule has 1 N–H and O–H groups in total. The summed E-state index contributed by atoms with van der Waals surface area (Å²) in [5.74, 6) is 0.330. The summed E-state index contributed by atoms with van der Waals surface area (Å²) in [7, 11) is 0. The SMILES string of the molecule is Cc1nn(-c2nc[nH]c(=O)c2Cl)c(C)c1Br. The van der Waals surface area contributed by atoms with Gasteiger partial charge in [0, 0.05) is 0 Å². The molecule has 2 heterocycles. The number of rotatable bonds is 1. The van der Waals surface area contributed by atoms with Crippen LogP contribution in [0.1, 0.15) is 11.4 Å². The van der Waals surface area contributed by atoms with Crippen molar-refractivity contribution in [1.29, 1.82) is 0 Å². The molecule has 0 aliphatic rings. The van der Waals surface area contributed by atoms with Crippen molar-refractivity contribution in [3.05, 3.63) is 37.6 Å². The van der Waals surface area contributed by atoms with E-state index in [-0.39, 0.29) is 10.6 Å². The Morgan fingerprint density at radius 1 is 1.50 bits per heavy atom. The minimum atomic E-state index is -0.379. The molecule has 2 rings (SSSR count). The first-order valence-electron chi connectivity index (χ1n) is 4.47. The van der Waals surface area contributed by atoms with Crippen molar-refractivity contribution in [2.24, 2.45) is 0 Å². The Kier molecular flexibility index (Phi) is 2.86. The van der Waals surface area contributed by atoms with Crippen LogP contribution in [0.25, 0.3) is 5.82 Å². The van der Waals surface area contributed by atoms with Crippen molar-refractivity contribution in [3.8, 4) is 5.82 Å². The summed E-state index contributed by atoms with van der Waals surface area (Å²) in [6.45, 7) is 3.72. The van der Waals surface area contributed by atoms with Crippen LogP contribution >= 0.6 is 27.5 Å². The van der Waals surface area contributed by atoms with Crippen LogP contribution in [-0.2, 0) is 0 Å². The van der Waals surface area contributed by atoms with Crippen molar-refractivity contribution in [3.63, 3.8) is 0 Å². The first-order chi connectivity index (χ1) is 7.52. The van der Waals surface area contributed by atoms with Gasteiger partial charge < -0.3 is 4.98 Å². The first-order valence-corrected chi connectivity index (χ1v) is 5.64. The predicted octanol–water partition coefficient (Wildman–Crippen LogP) is 1.99. The van der Waals surface area contributed by atoms with Crippen molar-refractivity contribution in [1.82, 2.24) is 19.7 Å². The lowest BCUT2D eigenvalue weighted by atomic mass is 10.4. The molecule has 0 aliphatic heterocycles. The van der Waals surface area contributed by atoms with Crippen LogP contribution in [0.15, 0.2) is 15.6 Å². The molecular formula is C9H8BrClN4O. The second kappa shape index (κ2) is 4.03. The maximum absolute atomic E-state index is 11.3. The fraction of sp³-hybridized carbons (Fsp3) is 0.222. The normalized spacial score (nSPS) is 10.8. The summed E-state index contributed by atoms with van der Waals surface area (Å²) in [6.07, 6.45) is 1.30. The van der Waals surface area contributed by atoms with E-state index >= 15 is 0 Å². The molecule has 7 heteroatoms. The number of nitrogens with zero attached hydrogens (tertiary/aromatic N) is 3. The fourth-order valence-corrected chi connectivity index (χ4v) is 1.78. The Morgan fingerprint density at radius 3 is 2.75 bits per heavy atom. The monoisotopic (exact) mass is 302 g/mol. The van der Waals surface area contributed by atoms with Gasteiger partial charge in [-0.3, -0.25) is 4.79 Å². The van der Waals surface area contributed by atoms with Crippen LogP contribution in [0, 0.1) is 13.8 Å². The molecule has 0 fully saturated rings. The number of hydrogen-bond donors (Lipinski definition) is 1. The highest BCUT2D eigenvalue weighted by atomic mass is 79.9. The molecule has 84 valence electrons. The average Bonchev–Trinajstić information content (AvgIpc) is 2.50. The van der Waals surface area contributed by atoms with Crippen LogP contribution in [-0.4, -0.2) is 19.7 Å². The topological polar surface area (TPSA) is 63.6 Å². The molecule has 0 spiro atoms. The average molecular weight is 304 g/mol. The maximum atomic E-state index is 11.3. The zero-order valence-corrected chi connectivity index (χ0v) is 10.9. The predicted molar refractivity (Wildman–Crippen MR) is 64.2 cm³/mol. The van der Waals surface area contributed by atoms with Crippen LogP contribution in [0.3, 0.4) is 0 Å². The molecule has 0 unspecified atom stereocenters. The van der Waals surface area contributed by atoms with Crippen molar-refractivity contribution in [2.75, 3.05) is 0 Å². The summed E-state index contributed by atoms with van der Waals surface area (Å²) in [6, 6.07) is 0. The largest absolute Gasteiger partial charge is 0.312 e. The fourth-order valence-electron chi connectivity index (χ4n) is 1.35. The maximum Gasteiger partial charge on any atom is 0.271 e. The van der Waals surface area contributed by atoms with Crippen LogP contribution in [0.2, 0.25) is 5.02 Å². The smallest absolute Gasteiger partial charge is 0.271 e. The van der Waals surface area contributed by atoms with Crippen molar-refractivity contribution >= 4 is 27.5 Å². The first kappa shape index (κ1) is 11.3. The van der Waals surface area contributed by atoms with Gasteiger partial charge in [0.2, 0.25) is 0 Å². The van der Waals surface area contributed by atoms with Crippen LogP contribution in [0.5, 0.6) is 0 Å². The molecule has 0 amide bonds. The zero-order chi connectivity index (χ0) is 11.9. The van der Waals surface area contributed by atoms with Crippen molar-refractivity contribution in [2.45, 2.75) is 13.8 Å². The number of aromatic amines is 1. The third-order valence-electron chi connectivity index (χ3n) is 2.18. The van der Waals surface area contributed by atoms with E-state index in [0.717, 1.165) is 15.9 Å². The molecule has 0 bridgehead atoms. The van der Waals surface area contributed by atoms with Gasteiger partial charge in [0.15, 0.2) is 10.8 Å². The van der Waals surface area contributed by atoms with Gasteiger partial charge in [-0.05, 0) is 29.8 Å². The summed E-state index contributed by atoms with van der Waals surface area (Å²) >= 11 is 9.28. The number of aromatic nitrogens is 4. The van der Waals surface area contributed by atoms with Gasteiger partial charge in [-0.15, -0.1) is 0 Å². The van der Waals surface area contributed by atoms with E-state index in [4.69, 9.17) is 11.6 Å². The number of nitrogens with one attached hydrogen (secondary N) is 1. The molecular weight excluding hydrogens is 295 g/mol. The highest BCUT2D eigenvalue weighted by Gasteiger charge is 2.15. The quantitative estimate of drug-likeness (QED) is 0.876. The summed E-state index contributed by atoms with van der Waals surface area (Å²) in [5.41, 5.74) is 1.28. The Hall–Kier alpha value is -1.14. The number of aryl methyl sites for hydroxylation is 1. The van der Waals surface area contributed by atoms with E-state index in [9.17, 15) is 4.79 Å². The number of halogens is 2. The van der Waals surface area contributed by atoms with E-state index in [2.05, 4.69) is 31.0 Å². The number of hydrogen-bond acceptors (Lipinski definition) is 3. The number of H-pyrrole nitrogens is 1. The van der Waals surface area contributed by atoms with E-state index in [1.54, 1.807) is 0 Å². The van der Waals surface area contributed by atoms with Gasteiger partial charge in [0.05, 0.1) is 22.2 Å². The van der Waals surface area contributed by atoms with E-state index < -0.39 is 0 Å². The van der Waals surface area contributed by atoms with Gasteiger partial charge >= 0.3 is 0 Å². The highest BCUT2D eigenvalue weighted by Crippen LogP contribution is 2.23. The Morgan fingerprint density at radius 2 is 2.19 bits per heavy atom. The molecule has 2 aromatic rings. The zero-order valence-electron chi connectivity index (χ0n) is 8.58. The highest BCUT2D eigenvalue weighted by molar-refractivity contribution is 9.10. The Bertz CT molecular complexity index is 604. The second-order valence-electron chi connectivity index (χ2n) is 3.27.